The van der Waals surface area contributed by atoms with E-state index in [0.717, 1.165) is 0 Å². The number of rotatable bonds is 5. The number of alkyl halides is 3. The van der Waals surface area contributed by atoms with Crippen molar-refractivity contribution in [3.05, 3.63) is 0 Å². The first-order valence-corrected chi connectivity index (χ1v) is 8.05. The zero-order chi connectivity index (χ0) is 17.5. The molecule has 8 heteroatoms. The highest BCUT2D eigenvalue weighted by atomic mass is 19.4. The Labute approximate surface area is 135 Å². The van der Waals surface area contributed by atoms with E-state index in [2.05, 4.69) is 20.9 Å². The van der Waals surface area contributed by atoms with Crippen LogP contribution in [0.5, 0.6) is 0 Å². The topological polar surface area (TPSA) is 65.5 Å². The summed E-state index contributed by atoms with van der Waals surface area (Å²) in [6.07, 6.45) is -2.58. The highest BCUT2D eigenvalue weighted by molar-refractivity contribution is 5.80. The molecule has 1 rings (SSSR count). The molecule has 1 saturated carbocycles. The van der Waals surface area contributed by atoms with Gasteiger partial charge in [0, 0.05) is 32.1 Å². The average Bonchev–Trinajstić information content (AvgIpc) is 2.49. The molecule has 0 aromatic rings. The van der Waals surface area contributed by atoms with Gasteiger partial charge < -0.3 is 16.0 Å². The lowest BCUT2D eigenvalue weighted by Gasteiger charge is -2.31. The lowest BCUT2D eigenvalue weighted by molar-refractivity contribution is -0.183. The van der Waals surface area contributed by atoms with Gasteiger partial charge in [0.2, 0.25) is 5.91 Å². The molecule has 1 fully saturated rings. The SMILES string of the molecule is CN=C(NCCNC(=O)C(C)C)NC1CCCC(C(F)(F)F)C1. The van der Waals surface area contributed by atoms with Crippen molar-refractivity contribution in [2.45, 2.75) is 51.7 Å². The molecule has 1 amide bonds. The molecular weight excluding hydrogens is 309 g/mol. The fourth-order valence-electron chi connectivity index (χ4n) is 2.58. The maximum absolute atomic E-state index is 12.8. The van der Waals surface area contributed by atoms with E-state index in [4.69, 9.17) is 0 Å². The number of carbonyl (C=O) groups is 1. The summed E-state index contributed by atoms with van der Waals surface area (Å²) in [6, 6.07) is -0.230. The first-order chi connectivity index (χ1) is 10.7. The van der Waals surface area contributed by atoms with E-state index in [1.807, 2.05) is 13.8 Å². The Morgan fingerprint density at radius 2 is 1.87 bits per heavy atom. The third kappa shape index (κ3) is 7.09. The number of guanidine groups is 1. The summed E-state index contributed by atoms with van der Waals surface area (Å²) in [4.78, 5) is 15.4. The van der Waals surface area contributed by atoms with Gasteiger partial charge in [-0.2, -0.15) is 13.2 Å². The second kappa shape index (κ2) is 8.98. The summed E-state index contributed by atoms with van der Waals surface area (Å²) in [6.45, 7) is 4.52. The zero-order valence-corrected chi connectivity index (χ0v) is 14.0. The normalized spacial score (nSPS) is 22.8. The van der Waals surface area contributed by atoms with Crippen molar-refractivity contribution in [2.75, 3.05) is 20.1 Å². The van der Waals surface area contributed by atoms with Crippen molar-refractivity contribution in [3.63, 3.8) is 0 Å². The first kappa shape index (κ1) is 19.6. The average molecular weight is 336 g/mol. The molecule has 0 bridgehead atoms. The molecule has 3 N–H and O–H groups in total. The van der Waals surface area contributed by atoms with Crippen LogP contribution in [0.3, 0.4) is 0 Å². The summed E-state index contributed by atoms with van der Waals surface area (Å²) in [5.74, 6) is -0.877. The molecule has 0 saturated heterocycles. The number of nitrogens with zero attached hydrogens (tertiary/aromatic N) is 1. The molecule has 0 radical (unpaired) electrons. The Hall–Kier alpha value is -1.47. The van der Waals surface area contributed by atoms with Crippen LogP contribution >= 0.6 is 0 Å². The van der Waals surface area contributed by atoms with Gasteiger partial charge in [-0.3, -0.25) is 9.79 Å². The maximum atomic E-state index is 12.8. The molecule has 5 nitrogen and oxygen atoms in total. The molecule has 1 aliphatic carbocycles. The van der Waals surface area contributed by atoms with Gasteiger partial charge >= 0.3 is 6.18 Å². The van der Waals surface area contributed by atoms with Crippen LogP contribution in [-0.2, 0) is 4.79 Å². The largest absolute Gasteiger partial charge is 0.391 e. The minimum Gasteiger partial charge on any atom is -0.355 e. The summed E-state index contributed by atoms with van der Waals surface area (Å²) in [7, 11) is 1.58. The van der Waals surface area contributed by atoms with Crippen molar-refractivity contribution < 1.29 is 18.0 Å². The molecule has 23 heavy (non-hydrogen) atoms. The van der Waals surface area contributed by atoms with Gasteiger partial charge in [0.15, 0.2) is 5.96 Å². The highest BCUT2D eigenvalue weighted by Gasteiger charge is 2.42. The first-order valence-electron chi connectivity index (χ1n) is 8.05. The number of amides is 1. The lowest BCUT2D eigenvalue weighted by atomic mass is 9.85. The summed E-state index contributed by atoms with van der Waals surface area (Å²) in [5, 5.41) is 8.81. The van der Waals surface area contributed by atoms with Gasteiger partial charge in [-0.1, -0.05) is 20.3 Å². The number of nitrogens with one attached hydrogen (secondary N) is 3. The fraction of sp³-hybridized carbons (Fsp3) is 0.867. The van der Waals surface area contributed by atoms with Crippen LogP contribution < -0.4 is 16.0 Å². The minimum atomic E-state index is -4.13. The molecule has 2 atom stereocenters. The zero-order valence-electron chi connectivity index (χ0n) is 14.0. The van der Waals surface area contributed by atoms with E-state index in [1.54, 1.807) is 7.05 Å². The second-order valence-corrected chi connectivity index (χ2v) is 6.19. The number of hydrogen-bond acceptors (Lipinski definition) is 2. The van der Waals surface area contributed by atoms with E-state index in [1.165, 1.54) is 0 Å². The predicted octanol–water partition coefficient (Wildman–Crippen LogP) is 2.04. The molecule has 134 valence electrons. The Kier molecular flexibility index (Phi) is 7.64. The van der Waals surface area contributed by atoms with Crippen LogP contribution in [0.1, 0.15) is 39.5 Å². The van der Waals surface area contributed by atoms with Crippen molar-refractivity contribution in [1.29, 1.82) is 0 Å². The minimum absolute atomic E-state index is 0.0324. The number of carbonyl (C=O) groups excluding carboxylic acids is 1. The fourth-order valence-corrected chi connectivity index (χ4v) is 2.58. The Bertz CT molecular complexity index is 410. The van der Waals surface area contributed by atoms with Crippen molar-refractivity contribution in [1.82, 2.24) is 16.0 Å². The van der Waals surface area contributed by atoms with E-state index in [-0.39, 0.29) is 30.7 Å². The summed E-state index contributed by atoms with van der Waals surface area (Å²) < 4.78 is 38.4. The molecule has 2 unspecified atom stereocenters. The van der Waals surface area contributed by atoms with E-state index >= 15 is 0 Å². The quantitative estimate of drug-likeness (QED) is 0.409. The van der Waals surface area contributed by atoms with Gasteiger partial charge in [0.05, 0.1) is 5.92 Å². The second-order valence-electron chi connectivity index (χ2n) is 6.19. The molecule has 1 aliphatic rings. The smallest absolute Gasteiger partial charge is 0.355 e. The van der Waals surface area contributed by atoms with E-state index < -0.39 is 12.1 Å². The number of aliphatic imine (C=N–C) groups is 1. The van der Waals surface area contributed by atoms with Crippen molar-refractivity contribution >= 4 is 11.9 Å². The van der Waals surface area contributed by atoms with Crippen LogP contribution in [0.2, 0.25) is 0 Å². The summed E-state index contributed by atoms with van der Waals surface area (Å²) >= 11 is 0. The monoisotopic (exact) mass is 336 g/mol. The third-order valence-corrected chi connectivity index (χ3v) is 3.94. The van der Waals surface area contributed by atoms with Crippen molar-refractivity contribution in [3.8, 4) is 0 Å². The molecule has 0 heterocycles. The summed E-state index contributed by atoms with van der Waals surface area (Å²) in [5.41, 5.74) is 0. The highest BCUT2D eigenvalue weighted by Crippen LogP contribution is 2.37. The third-order valence-electron chi connectivity index (χ3n) is 3.94. The van der Waals surface area contributed by atoms with Crippen LogP contribution in [0.15, 0.2) is 4.99 Å². The maximum Gasteiger partial charge on any atom is 0.391 e. The lowest BCUT2D eigenvalue weighted by Crippen LogP contribution is -2.48. The predicted molar refractivity (Wildman–Crippen MR) is 84.1 cm³/mol. The van der Waals surface area contributed by atoms with Gasteiger partial charge in [0.1, 0.15) is 0 Å². The molecule has 0 aromatic heterocycles. The van der Waals surface area contributed by atoms with Crippen LogP contribution in [-0.4, -0.2) is 44.2 Å². The Morgan fingerprint density at radius 1 is 1.22 bits per heavy atom. The molecule has 0 aromatic carbocycles. The molecule has 0 aliphatic heterocycles. The van der Waals surface area contributed by atoms with Gasteiger partial charge in [-0.05, 0) is 19.3 Å². The standard InChI is InChI=1S/C15H27F3N4O/c1-10(2)13(23)20-7-8-21-14(19-3)22-12-6-4-5-11(9-12)15(16,17)18/h10-12H,4-9H2,1-3H3,(H,20,23)(H2,19,21,22). The van der Waals surface area contributed by atoms with E-state index in [0.29, 0.717) is 31.9 Å². The van der Waals surface area contributed by atoms with Crippen LogP contribution in [0.25, 0.3) is 0 Å². The Morgan fingerprint density at radius 3 is 2.43 bits per heavy atom. The van der Waals surface area contributed by atoms with Gasteiger partial charge in [-0.25, -0.2) is 0 Å². The molecule has 0 spiro atoms. The molecular formula is C15H27F3N4O. The van der Waals surface area contributed by atoms with Gasteiger partial charge in [0.25, 0.3) is 0 Å². The number of halogens is 3. The Balaban J connectivity index is 2.34. The van der Waals surface area contributed by atoms with Crippen molar-refractivity contribution in [2.24, 2.45) is 16.8 Å². The van der Waals surface area contributed by atoms with Crippen LogP contribution in [0.4, 0.5) is 13.2 Å². The van der Waals surface area contributed by atoms with E-state index in [9.17, 15) is 18.0 Å². The van der Waals surface area contributed by atoms with Crippen LogP contribution in [0, 0.1) is 11.8 Å². The number of hydrogen-bond donors (Lipinski definition) is 3. The van der Waals surface area contributed by atoms with Gasteiger partial charge in [-0.15, -0.1) is 0 Å².